The van der Waals surface area contributed by atoms with Crippen molar-refractivity contribution in [2.45, 2.75) is 54.6 Å². The van der Waals surface area contributed by atoms with Crippen LogP contribution in [0.25, 0.3) is 0 Å². The number of aryl methyl sites for hydroxylation is 1. The minimum Gasteiger partial charge on any atom is -0.394 e. The number of alkyl halides is 1. The van der Waals surface area contributed by atoms with E-state index in [1.165, 1.54) is 0 Å². The van der Waals surface area contributed by atoms with E-state index in [0.29, 0.717) is 29.6 Å². The minimum absolute atomic E-state index is 0.0271. The average molecular weight is 464 g/mol. The lowest BCUT2D eigenvalue weighted by molar-refractivity contribution is 0.143. The number of nitrogens with zero attached hydrogens (tertiary/aromatic N) is 2. The number of benzene rings is 1. The van der Waals surface area contributed by atoms with Crippen molar-refractivity contribution in [3.05, 3.63) is 46.5 Å². The summed E-state index contributed by atoms with van der Waals surface area (Å²) in [5.41, 5.74) is 1.62. The summed E-state index contributed by atoms with van der Waals surface area (Å²) < 4.78 is 27.8. The number of nitrogens with one attached hydrogen (secondary N) is 1. The molecule has 5 nitrogen and oxygen atoms in total. The van der Waals surface area contributed by atoms with Crippen LogP contribution in [-0.2, 0) is 17.2 Å². The van der Waals surface area contributed by atoms with E-state index in [9.17, 15) is 9.32 Å². The van der Waals surface area contributed by atoms with Crippen molar-refractivity contribution < 1.29 is 13.7 Å². The van der Waals surface area contributed by atoms with Gasteiger partial charge in [0, 0.05) is 23.2 Å². The summed E-state index contributed by atoms with van der Waals surface area (Å²) in [5.74, 6) is 1.77. The molecule has 3 heterocycles. The van der Waals surface area contributed by atoms with Crippen LogP contribution in [0.2, 0.25) is 5.02 Å². The van der Waals surface area contributed by atoms with Gasteiger partial charge >= 0.3 is 0 Å². The Bertz CT molecular complexity index is 994. The van der Waals surface area contributed by atoms with Crippen molar-refractivity contribution in [3.63, 3.8) is 0 Å². The molecule has 1 saturated carbocycles. The Morgan fingerprint density at radius 2 is 2.10 bits per heavy atom. The number of rotatable bonds is 5. The molecule has 1 aliphatic carbocycles. The molecule has 0 spiro atoms. The molecule has 5 rings (SSSR count). The van der Waals surface area contributed by atoms with E-state index in [0.717, 1.165) is 47.5 Å². The first kappa shape index (κ1) is 21.2. The summed E-state index contributed by atoms with van der Waals surface area (Å²) in [6.45, 7) is 0.999. The van der Waals surface area contributed by atoms with Gasteiger partial charge in [-0.3, -0.25) is 4.21 Å². The zero-order valence-electron chi connectivity index (χ0n) is 17.3. The zero-order valence-corrected chi connectivity index (χ0v) is 18.9. The molecule has 1 aromatic carbocycles. The van der Waals surface area contributed by atoms with Gasteiger partial charge in [0.1, 0.15) is 17.8 Å². The van der Waals surface area contributed by atoms with E-state index in [1.54, 1.807) is 0 Å². The van der Waals surface area contributed by atoms with E-state index in [-0.39, 0.29) is 24.6 Å². The molecule has 0 radical (unpaired) electrons. The maximum atomic E-state index is 15.2. The molecule has 1 aromatic heterocycles. The van der Waals surface area contributed by atoms with Crippen LogP contribution in [-0.4, -0.2) is 51.5 Å². The number of piperidine rings is 1. The molecule has 2 aromatic rings. The van der Waals surface area contributed by atoms with Crippen molar-refractivity contribution in [2.75, 3.05) is 35.7 Å². The number of aliphatic hydroxyl groups excluding tert-OH is 1. The number of fused-ring (bicyclic) bond motifs is 1. The second-order valence-corrected chi connectivity index (χ2v) is 10.9. The predicted octanol–water partition coefficient (Wildman–Crippen LogP) is 4.06. The lowest BCUT2D eigenvalue weighted by atomic mass is 9.77. The van der Waals surface area contributed by atoms with Gasteiger partial charge < -0.3 is 15.3 Å². The van der Waals surface area contributed by atoms with Gasteiger partial charge in [-0.2, -0.15) is 0 Å². The second-order valence-electron chi connectivity index (χ2n) is 8.94. The Hall–Kier alpha value is -1.70. The van der Waals surface area contributed by atoms with Crippen LogP contribution in [0.3, 0.4) is 0 Å². The molecule has 3 atom stereocenters. The topological polar surface area (TPSA) is 65.5 Å². The molecule has 8 heteroatoms. The van der Waals surface area contributed by atoms with Gasteiger partial charge in [0.25, 0.3) is 0 Å². The van der Waals surface area contributed by atoms with Crippen LogP contribution < -0.4 is 10.2 Å². The number of aliphatic hydroxyl groups is 1. The molecule has 3 aliphatic rings. The molecule has 0 bridgehead atoms. The summed E-state index contributed by atoms with van der Waals surface area (Å²) >= 11 is 5.98. The first-order valence-electron chi connectivity index (χ1n) is 10.9. The maximum Gasteiger partial charge on any atom is 0.145 e. The predicted molar refractivity (Wildman–Crippen MR) is 122 cm³/mol. The minimum atomic E-state index is -1.09. The van der Waals surface area contributed by atoms with Crippen molar-refractivity contribution >= 4 is 34.0 Å². The number of hydrogen-bond acceptors (Lipinski definition) is 5. The lowest BCUT2D eigenvalue weighted by Gasteiger charge is -2.42. The fraction of sp³-hybridized carbons (Fsp3) is 0.522. The molecular weight excluding hydrogens is 437 g/mol. The molecule has 31 heavy (non-hydrogen) atoms. The van der Waals surface area contributed by atoms with E-state index in [1.807, 2.05) is 35.2 Å². The van der Waals surface area contributed by atoms with Crippen LogP contribution in [0, 0.1) is 0 Å². The van der Waals surface area contributed by atoms with Crippen LogP contribution >= 0.6 is 11.6 Å². The van der Waals surface area contributed by atoms with Gasteiger partial charge in [-0.25, -0.2) is 9.37 Å². The Labute approximate surface area is 189 Å². The molecule has 2 N–H and O–H groups in total. The first-order valence-corrected chi connectivity index (χ1v) is 12.6. The Morgan fingerprint density at radius 3 is 2.74 bits per heavy atom. The van der Waals surface area contributed by atoms with Crippen molar-refractivity contribution in [2.24, 2.45) is 0 Å². The maximum absolute atomic E-state index is 15.2. The highest BCUT2D eigenvalue weighted by Crippen LogP contribution is 2.40. The monoisotopic (exact) mass is 463 g/mol. The third-order valence-corrected chi connectivity index (χ3v) is 8.72. The quantitative estimate of drug-likeness (QED) is 0.700. The summed E-state index contributed by atoms with van der Waals surface area (Å²) in [7, 11) is -1.09. The Kier molecular flexibility index (Phi) is 5.69. The summed E-state index contributed by atoms with van der Waals surface area (Å²) in [4.78, 5) is 7.56. The van der Waals surface area contributed by atoms with E-state index in [2.05, 4.69) is 5.32 Å². The van der Waals surface area contributed by atoms with E-state index < -0.39 is 17.0 Å². The number of halogens is 2. The standard InChI is InChI=1S/C23H27ClFN3O2S/c24-17-4-2-15(3-5-17)18-6-10-28(13-19(18)25)20-12-16-7-11-31(30)21(16)22(26-20)27-23(14-29)8-1-9-23/h2-5,12,18-19,29H,1,6-11,13-14H2,(H,26,27)/t18?,19?,31-/m1/s1. The third kappa shape index (κ3) is 3.96. The fourth-order valence-electron chi connectivity index (χ4n) is 4.94. The Balaban J connectivity index is 1.40. The summed E-state index contributed by atoms with van der Waals surface area (Å²) in [6, 6.07) is 9.43. The first-order chi connectivity index (χ1) is 15.0. The second kappa shape index (κ2) is 8.34. The van der Waals surface area contributed by atoms with Gasteiger partial charge in [0.2, 0.25) is 0 Å². The molecular formula is C23H27ClFN3O2S. The zero-order chi connectivity index (χ0) is 21.6. The molecule has 2 fully saturated rings. The molecule has 166 valence electrons. The van der Waals surface area contributed by atoms with Crippen molar-refractivity contribution in [1.82, 2.24) is 4.98 Å². The highest BCUT2D eigenvalue weighted by molar-refractivity contribution is 7.85. The van der Waals surface area contributed by atoms with Crippen LogP contribution in [0.1, 0.15) is 42.7 Å². The molecule has 1 saturated heterocycles. The number of anilines is 2. The highest BCUT2D eigenvalue weighted by atomic mass is 35.5. The van der Waals surface area contributed by atoms with Gasteiger partial charge in [0.15, 0.2) is 0 Å². The lowest BCUT2D eigenvalue weighted by Crippen LogP contribution is -2.49. The van der Waals surface area contributed by atoms with Gasteiger partial charge in [0.05, 0.1) is 34.4 Å². The number of pyridine rings is 1. The SMILES string of the molecule is O=[S@@]1CCc2cc(N3CCC(c4ccc(Cl)cc4)C(F)C3)nc(NC3(CO)CCC3)c21. The fourth-order valence-corrected chi connectivity index (χ4v) is 6.44. The van der Waals surface area contributed by atoms with Gasteiger partial charge in [-0.15, -0.1) is 0 Å². The summed E-state index contributed by atoms with van der Waals surface area (Å²) in [6.07, 6.45) is 3.22. The van der Waals surface area contributed by atoms with Crippen molar-refractivity contribution in [3.8, 4) is 0 Å². The molecule has 2 unspecified atom stereocenters. The van der Waals surface area contributed by atoms with Gasteiger partial charge in [-0.05, 0) is 61.4 Å². The van der Waals surface area contributed by atoms with Crippen LogP contribution in [0.15, 0.2) is 35.2 Å². The van der Waals surface area contributed by atoms with E-state index in [4.69, 9.17) is 16.6 Å². The average Bonchev–Trinajstić information content (AvgIpc) is 3.12. The smallest absolute Gasteiger partial charge is 0.145 e. The normalized spacial score (nSPS) is 26.9. The molecule has 2 aliphatic heterocycles. The van der Waals surface area contributed by atoms with Gasteiger partial charge in [-0.1, -0.05) is 23.7 Å². The number of hydrogen-bond donors (Lipinski definition) is 2. The van der Waals surface area contributed by atoms with Crippen LogP contribution in [0.4, 0.5) is 16.0 Å². The highest BCUT2D eigenvalue weighted by Gasteiger charge is 2.39. The van der Waals surface area contributed by atoms with Crippen LogP contribution in [0.5, 0.6) is 0 Å². The van der Waals surface area contributed by atoms with E-state index >= 15 is 4.39 Å². The summed E-state index contributed by atoms with van der Waals surface area (Å²) in [5, 5.41) is 14.0. The molecule has 0 amide bonds. The third-order valence-electron chi connectivity index (χ3n) is 6.98. The Morgan fingerprint density at radius 1 is 1.32 bits per heavy atom. The largest absolute Gasteiger partial charge is 0.394 e. The number of aromatic nitrogens is 1. The van der Waals surface area contributed by atoms with Crippen molar-refractivity contribution in [1.29, 1.82) is 0 Å².